The van der Waals surface area contributed by atoms with E-state index in [1.165, 1.54) is 20.1 Å². The van der Waals surface area contributed by atoms with Crippen LogP contribution >= 0.6 is 0 Å². The van der Waals surface area contributed by atoms with Crippen LogP contribution in [0.4, 0.5) is 0 Å². The van der Waals surface area contributed by atoms with E-state index in [2.05, 4.69) is 5.32 Å². The van der Waals surface area contributed by atoms with Gasteiger partial charge in [0.25, 0.3) is 0 Å². The molecule has 0 radical (unpaired) electrons. The molecule has 5 nitrogen and oxygen atoms in total. The normalized spacial score (nSPS) is 9.62. The Kier molecular flexibility index (Phi) is 3.88. The lowest BCUT2D eigenvalue weighted by Gasteiger charge is -2.11. The van der Waals surface area contributed by atoms with Crippen molar-refractivity contribution in [3.05, 3.63) is 29.3 Å². The van der Waals surface area contributed by atoms with Gasteiger partial charge in [-0.1, -0.05) is 6.07 Å². The molecular formula is C11H13NO4. The average molecular weight is 223 g/mol. The first-order valence-corrected chi connectivity index (χ1v) is 4.70. The predicted octanol–water partition coefficient (Wildman–Crippen LogP) is 1.03. The van der Waals surface area contributed by atoms with Crippen molar-refractivity contribution < 1.29 is 19.4 Å². The van der Waals surface area contributed by atoms with E-state index in [1.54, 1.807) is 12.1 Å². The van der Waals surface area contributed by atoms with Crippen LogP contribution in [0.15, 0.2) is 18.2 Å². The second kappa shape index (κ2) is 5.16. The van der Waals surface area contributed by atoms with Gasteiger partial charge in [0.1, 0.15) is 5.75 Å². The van der Waals surface area contributed by atoms with Gasteiger partial charge in [-0.15, -0.1) is 0 Å². The molecule has 0 saturated heterocycles. The summed E-state index contributed by atoms with van der Waals surface area (Å²) in [5.74, 6) is -0.810. The van der Waals surface area contributed by atoms with Crippen molar-refractivity contribution in [2.45, 2.75) is 13.5 Å². The maximum Gasteiger partial charge on any atom is 0.336 e. The number of hydrogen-bond donors (Lipinski definition) is 2. The molecule has 0 heterocycles. The number of carbonyl (C=O) groups is 2. The Balaban J connectivity index is 3.09. The van der Waals surface area contributed by atoms with Crippen LogP contribution in [0.3, 0.4) is 0 Å². The molecule has 0 bridgehead atoms. The van der Waals surface area contributed by atoms with E-state index in [4.69, 9.17) is 9.84 Å². The second-order valence-electron chi connectivity index (χ2n) is 3.20. The SMILES string of the molecule is COc1cccc(C(=O)O)c1CNC(C)=O. The number of hydrogen-bond acceptors (Lipinski definition) is 3. The molecule has 0 aromatic heterocycles. The summed E-state index contributed by atoms with van der Waals surface area (Å²) in [5.41, 5.74) is 0.598. The van der Waals surface area contributed by atoms with E-state index < -0.39 is 5.97 Å². The smallest absolute Gasteiger partial charge is 0.336 e. The fourth-order valence-corrected chi connectivity index (χ4v) is 1.35. The van der Waals surface area contributed by atoms with Crippen molar-refractivity contribution in [3.8, 4) is 5.75 Å². The number of methoxy groups -OCH3 is 1. The summed E-state index contributed by atoms with van der Waals surface area (Å²) in [6.07, 6.45) is 0. The third kappa shape index (κ3) is 2.73. The van der Waals surface area contributed by atoms with Gasteiger partial charge >= 0.3 is 5.97 Å². The number of carboxylic acid groups (broad SMARTS) is 1. The molecule has 1 rings (SSSR count). The summed E-state index contributed by atoms with van der Waals surface area (Å²) in [4.78, 5) is 21.8. The highest BCUT2D eigenvalue weighted by atomic mass is 16.5. The van der Waals surface area contributed by atoms with Gasteiger partial charge in [-0.25, -0.2) is 4.79 Å². The van der Waals surface area contributed by atoms with Gasteiger partial charge in [0.2, 0.25) is 5.91 Å². The van der Waals surface area contributed by atoms with Gasteiger partial charge in [0.05, 0.1) is 12.7 Å². The van der Waals surface area contributed by atoms with Gasteiger partial charge in [-0.3, -0.25) is 4.79 Å². The van der Waals surface area contributed by atoms with Crippen LogP contribution in [-0.2, 0) is 11.3 Å². The molecule has 0 fully saturated rings. The number of benzene rings is 1. The second-order valence-corrected chi connectivity index (χ2v) is 3.20. The maximum absolute atomic E-state index is 11.0. The number of aromatic carboxylic acids is 1. The van der Waals surface area contributed by atoms with Crippen LogP contribution in [-0.4, -0.2) is 24.1 Å². The van der Waals surface area contributed by atoms with Crippen molar-refractivity contribution in [1.29, 1.82) is 0 Å². The first-order chi connectivity index (χ1) is 7.56. The molecule has 2 N–H and O–H groups in total. The van der Waals surface area contributed by atoms with Crippen molar-refractivity contribution in [2.75, 3.05) is 7.11 Å². The van der Waals surface area contributed by atoms with Gasteiger partial charge in [0, 0.05) is 19.0 Å². The number of nitrogens with one attached hydrogen (secondary N) is 1. The van der Waals surface area contributed by atoms with E-state index in [1.807, 2.05) is 0 Å². The summed E-state index contributed by atoms with van der Waals surface area (Å²) < 4.78 is 5.05. The predicted molar refractivity (Wildman–Crippen MR) is 57.5 cm³/mol. The summed E-state index contributed by atoms with van der Waals surface area (Å²) >= 11 is 0. The molecule has 1 aromatic carbocycles. The molecular weight excluding hydrogens is 210 g/mol. The molecule has 1 amide bonds. The Morgan fingerprint density at radius 1 is 1.44 bits per heavy atom. The van der Waals surface area contributed by atoms with Crippen molar-refractivity contribution in [3.63, 3.8) is 0 Å². The number of rotatable bonds is 4. The molecule has 0 atom stereocenters. The largest absolute Gasteiger partial charge is 0.496 e. The third-order valence-electron chi connectivity index (χ3n) is 2.10. The quantitative estimate of drug-likeness (QED) is 0.799. The Labute approximate surface area is 93.0 Å². The van der Waals surface area contributed by atoms with Crippen molar-refractivity contribution in [2.24, 2.45) is 0 Å². The van der Waals surface area contributed by atoms with Crippen LogP contribution < -0.4 is 10.1 Å². The molecule has 0 saturated carbocycles. The highest BCUT2D eigenvalue weighted by molar-refractivity contribution is 5.90. The Hall–Kier alpha value is -2.04. The minimum atomic E-state index is -1.04. The van der Waals surface area contributed by atoms with E-state index >= 15 is 0 Å². The van der Waals surface area contributed by atoms with Gasteiger partial charge in [-0.2, -0.15) is 0 Å². The van der Waals surface area contributed by atoms with E-state index in [0.717, 1.165) is 0 Å². The first kappa shape index (κ1) is 12.0. The molecule has 0 unspecified atom stereocenters. The summed E-state index contributed by atoms with van der Waals surface area (Å²) in [6, 6.07) is 4.73. The van der Waals surface area contributed by atoms with Gasteiger partial charge < -0.3 is 15.2 Å². The fraction of sp³-hybridized carbons (Fsp3) is 0.273. The minimum absolute atomic E-state index is 0.133. The summed E-state index contributed by atoms with van der Waals surface area (Å²) in [7, 11) is 1.46. The van der Waals surface area contributed by atoms with Crippen LogP contribution in [0.25, 0.3) is 0 Å². The van der Waals surface area contributed by atoms with Crippen LogP contribution in [0.5, 0.6) is 5.75 Å². The highest BCUT2D eigenvalue weighted by Crippen LogP contribution is 2.22. The van der Waals surface area contributed by atoms with Gasteiger partial charge in [-0.05, 0) is 12.1 Å². The molecule has 0 aliphatic carbocycles. The number of ether oxygens (including phenoxy) is 1. The molecule has 0 aliphatic heterocycles. The Bertz CT molecular complexity index is 414. The number of amides is 1. The highest BCUT2D eigenvalue weighted by Gasteiger charge is 2.14. The fourth-order valence-electron chi connectivity index (χ4n) is 1.35. The number of carboxylic acids is 1. The van der Waals surface area contributed by atoms with Crippen LogP contribution in [0, 0.1) is 0 Å². The first-order valence-electron chi connectivity index (χ1n) is 4.70. The number of carbonyl (C=O) groups excluding carboxylic acids is 1. The van der Waals surface area contributed by atoms with Crippen LogP contribution in [0.1, 0.15) is 22.8 Å². The lowest BCUT2D eigenvalue weighted by molar-refractivity contribution is -0.119. The average Bonchev–Trinajstić information content (AvgIpc) is 2.25. The Morgan fingerprint density at radius 3 is 2.62 bits per heavy atom. The lowest BCUT2D eigenvalue weighted by Crippen LogP contribution is -2.21. The van der Waals surface area contributed by atoms with E-state index in [-0.39, 0.29) is 18.0 Å². The molecule has 0 aliphatic rings. The molecule has 0 spiro atoms. The lowest BCUT2D eigenvalue weighted by atomic mass is 10.1. The molecule has 86 valence electrons. The monoisotopic (exact) mass is 223 g/mol. The third-order valence-corrected chi connectivity index (χ3v) is 2.10. The summed E-state index contributed by atoms with van der Waals surface area (Å²) in [5, 5.41) is 11.5. The van der Waals surface area contributed by atoms with Crippen LogP contribution in [0.2, 0.25) is 0 Å². The zero-order valence-corrected chi connectivity index (χ0v) is 9.11. The zero-order valence-electron chi connectivity index (χ0n) is 9.11. The molecule has 16 heavy (non-hydrogen) atoms. The van der Waals surface area contributed by atoms with Crippen molar-refractivity contribution >= 4 is 11.9 Å². The summed E-state index contributed by atoms with van der Waals surface area (Å²) in [6.45, 7) is 1.51. The Morgan fingerprint density at radius 2 is 2.12 bits per heavy atom. The molecule has 1 aromatic rings. The standard InChI is InChI=1S/C11H13NO4/c1-7(13)12-6-9-8(11(14)15)4-3-5-10(9)16-2/h3-5H,6H2,1-2H3,(H,12,13)(H,14,15). The van der Waals surface area contributed by atoms with Gasteiger partial charge in [0.15, 0.2) is 0 Å². The van der Waals surface area contributed by atoms with E-state index in [9.17, 15) is 9.59 Å². The topological polar surface area (TPSA) is 75.6 Å². The van der Waals surface area contributed by atoms with Crippen molar-refractivity contribution in [1.82, 2.24) is 5.32 Å². The maximum atomic E-state index is 11.0. The minimum Gasteiger partial charge on any atom is -0.496 e. The molecule has 5 heteroatoms. The zero-order chi connectivity index (χ0) is 12.1. The van der Waals surface area contributed by atoms with E-state index in [0.29, 0.717) is 11.3 Å².